The summed E-state index contributed by atoms with van der Waals surface area (Å²) in [6.07, 6.45) is 1.92. The Labute approximate surface area is 165 Å². The number of nitrogens with two attached hydrogens (primary N) is 1. The van der Waals surface area contributed by atoms with Gasteiger partial charge in [0.1, 0.15) is 6.04 Å². The van der Waals surface area contributed by atoms with Crippen molar-refractivity contribution >= 4 is 27.8 Å². The van der Waals surface area contributed by atoms with Crippen molar-refractivity contribution in [2.75, 3.05) is 32.8 Å². The molecule has 0 aromatic heterocycles. The second-order valence-corrected chi connectivity index (χ2v) is 9.04. The molecular formula is C17H29N4O6S. The maximum Gasteiger partial charge on any atom is 0.307 e. The lowest BCUT2D eigenvalue weighted by atomic mass is 10.0. The summed E-state index contributed by atoms with van der Waals surface area (Å²) in [6.45, 7) is 4.11. The molecule has 0 unspecified atom stereocenters. The van der Waals surface area contributed by atoms with Crippen molar-refractivity contribution in [3.8, 4) is 0 Å². The van der Waals surface area contributed by atoms with Gasteiger partial charge in [-0.15, -0.1) is 0 Å². The molecule has 0 bridgehead atoms. The molecule has 2 heterocycles. The van der Waals surface area contributed by atoms with Gasteiger partial charge in [-0.3, -0.25) is 14.4 Å². The van der Waals surface area contributed by atoms with Gasteiger partial charge in [-0.1, -0.05) is 6.92 Å². The molecule has 2 fully saturated rings. The predicted octanol–water partition coefficient (Wildman–Crippen LogP) is -1.18. The molecule has 3 N–H and O–H groups in total. The fraction of sp³-hybridized carbons (Fsp3) is 0.765. The Bertz CT molecular complexity index is 692. The molecule has 0 aromatic rings. The number of hydrogen-bond donors (Lipinski definition) is 2. The number of nitrogens with zero attached hydrogens (tertiary/aromatic N) is 2. The first-order valence-corrected chi connectivity index (χ1v) is 10.8. The van der Waals surface area contributed by atoms with Gasteiger partial charge in [0.2, 0.25) is 11.8 Å². The summed E-state index contributed by atoms with van der Waals surface area (Å²) >= 11 is 0. The van der Waals surface area contributed by atoms with E-state index in [-0.39, 0.29) is 57.5 Å². The summed E-state index contributed by atoms with van der Waals surface area (Å²) in [7, 11) is -4.22. The minimum Gasteiger partial charge on any atom is -0.379 e. The molecule has 11 heteroatoms. The maximum atomic E-state index is 13.2. The number of rotatable bonds is 7. The molecule has 159 valence electrons. The number of carbonyl (C=O) groups is 3. The van der Waals surface area contributed by atoms with E-state index in [4.69, 9.17) is 10.5 Å². The van der Waals surface area contributed by atoms with Gasteiger partial charge in [-0.2, -0.15) is 12.7 Å². The minimum absolute atomic E-state index is 0.00113. The Balaban J connectivity index is 2.29. The van der Waals surface area contributed by atoms with Gasteiger partial charge in [-0.25, -0.2) is 4.31 Å². The Morgan fingerprint density at radius 1 is 1.36 bits per heavy atom. The van der Waals surface area contributed by atoms with Crippen LogP contribution < -0.4 is 11.1 Å². The fourth-order valence-electron chi connectivity index (χ4n) is 3.13. The molecule has 3 atom stereocenters. The van der Waals surface area contributed by atoms with Crippen molar-refractivity contribution in [3.05, 3.63) is 6.42 Å². The van der Waals surface area contributed by atoms with Gasteiger partial charge in [-0.05, 0) is 26.2 Å². The lowest BCUT2D eigenvalue weighted by molar-refractivity contribution is -0.132. The van der Waals surface area contributed by atoms with E-state index < -0.39 is 34.0 Å². The van der Waals surface area contributed by atoms with Crippen LogP contribution in [0.1, 0.15) is 33.1 Å². The van der Waals surface area contributed by atoms with Crippen molar-refractivity contribution in [1.29, 1.82) is 0 Å². The second kappa shape index (κ2) is 9.77. The van der Waals surface area contributed by atoms with E-state index in [0.717, 1.165) is 10.7 Å². The molecule has 10 nitrogen and oxygen atoms in total. The summed E-state index contributed by atoms with van der Waals surface area (Å²) in [5.41, 5.74) is 5.22. The fourth-order valence-corrected chi connectivity index (χ4v) is 4.83. The van der Waals surface area contributed by atoms with Crippen LogP contribution in [0.5, 0.6) is 0 Å². The van der Waals surface area contributed by atoms with Crippen LogP contribution in [0.15, 0.2) is 0 Å². The van der Waals surface area contributed by atoms with E-state index >= 15 is 0 Å². The quantitative estimate of drug-likeness (QED) is 0.531. The van der Waals surface area contributed by atoms with E-state index in [1.54, 1.807) is 6.92 Å². The lowest BCUT2D eigenvalue weighted by Crippen LogP contribution is -2.56. The average molecular weight is 418 g/mol. The van der Waals surface area contributed by atoms with E-state index in [1.807, 2.05) is 6.92 Å². The molecule has 28 heavy (non-hydrogen) atoms. The third-order valence-corrected chi connectivity index (χ3v) is 7.00. The average Bonchev–Trinajstić information content (AvgIpc) is 2.82. The Morgan fingerprint density at radius 2 is 2.00 bits per heavy atom. The first kappa shape index (κ1) is 22.7. The number of nitrogens with one attached hydrogen (secondary N) is 1. The summed E-state index contributed by atoms with van der Waals surface area (Å²) in [5.74, 6) is -2.38. The first-order valence-electron chi connectivity index (χ1n) is 9.44. The van der Waals surface area contributed by atoms with Crippen LogP contribution in [0.2, 0.25) is 0 Å². The Kier molecular flexibility index (Phi) is 7.93. The topological polar surface area (TPSA) is 139 Å². The predicted molar refractivity (Wildman–Crippen MR) is 101 cm³/mol. The van der Waals surface area contributed by atoms with Crippen LogP contribution >= 0.6 is 0 Å². The SMILES string of the molecule is C[C@@H]1CC[C@H](N(C(=O)[CH]C[C@H](C)C(N)=O)S(=O)(=O)N2CCOCC2)C(=O)CN1. The molecule has 0 saturated carbocycles. The van der Waals surface area contributed by atoms with Crippen molar-refractivity contribution < 1.29 is 27.5 Å². The van der Waals surface area contributed by atoms with Crippen LogP contribution in [0.3, 0.4) is 0 Å². The zero-order chi connectivity index (χ0) is 20.9. The number of primary amides is 1. The van der Waals surface area contributed by atoms with Crippen molar-refractivity contribution in [1.82, 2.24) is 13.9 Å². The van der Waals surface area contributed by atoms with Gasteiger partial charge >= 0.3 is 10.2 Å². The molecular weight excluding hydrogens is 388 g/mol. The van der Waals surface area contributed by atoms with Crippen LogP contribution in [0, 0.1) is 12.3 Å². The van der Waals surface area contributed by atoms with Crippen molar-refractivity contribution in [3.63, 3.8) is 0 Å². The molecule has 2 saturated heterocycles. The standard InChI is InChI=1S/C17H29N4O6S/c1-12(17(18)24)3-6-16(23)21(14-5-4-13(2)19-11-15(14)22)28(25,26)20-7-9-27-10-8-20/h6,12-14,19H,3-5,7-11H2,1-2H3,(H2,18,24)/t12-,13+,14-/m0/s1. The lowest BCUT2D eigenvalue weighted by Gasteiger charge is -2.35. The molecule has 1 radical (unpaired) electrons. The number of amides is 2. The van der Waals surface area contributed by atoms with Gasteiger partial charge in [0.15, 0.2) is 5.78 Å². The summed E-state index contributed by atoms with van der Waals surface area (Å²) in [5, 5.41) is 3.03. The molecule has 0 spiro atoms. The van der Waals surface area contributed by atoms with Crippen LogP contribution in [0.25, 0.3) is 0 Å². The molecule has 2 amide bonds. The van der Waals surface area contributed by atoms with E-state index in [0.29, 0.717) is 10.7 Å². The van der Waals surface area contributed by atoms with Gasteiger partial charge in [0.05, 0.1) is 26.2 Å². The summed E-state index contributed by atoms with van der Waals surface area (Å²) in [6, 6.07) is -1.05. The molecule has 2 aliphatic heterocycles. The molecule has 0 aliphatic carbocycles. The highest BCUT2D eigenvalue weighted by atomic mass is 32.2. The number of Topliss-reactive ketones (excluding diaryl/α,β-unsaturated/α-hetero) is 1. The molecule has 0 aromatic carbocycles. The van der Waals surface area contributed by atoms with Gasteiger partial charge in [0, 0.05) is 25.0 Å². The number of ketones is 1. The monoisotopic (exact) mass is 417 g/mol. The van der Waals surface area contributed by atoms with E-state index in [1.165, 1.54) is 0 Å². The van der Waals surface area contributed by atoms with E-state index in [2.05, 4.69) is 5.32 Å². The third kappa shape index (κ3) is 5.49. The van der Waals surface area contributed by atoms with Crippen molar-refractivity contribution in [2.45, 2.75) is 45.2 Å². The Hall–Kier alpha value is -1.56. The number of morpholine rings is 1. The summed E-state index contributed by atoms with van der Waals surface area (Å²) in [4.78, 5) is 36.8. The van der Waals surface area contributed by atoms with Gasteiger partial charge in [0.25, 0.3) is 0 Å². The van der Waals surface area contributed by atoms with E-state index in [9.17, 15) is 22.8 Å². The highest BCUT2D eigenvalue weighted by Gasteiger charge is 2.42. The van der Waals surface area contributed by atoms with Crippen LogP contribution in [-0.2, 0) is 29.3 Å². The largest absolute Gasteiger partial charge is 0.379 e. The third-order valence-electron chi connectivity index (χ3n) is 5.05. The highest BCUT2D eigenvalue weighted by molar-refractivity contribution is 7.87. The number of hydrogen-bond acceptors (Lipinski definition) is 7. The van der Waals surface area contributed by atoms with Crippen LogP contribution in [-0.4, -0.2) is 79.6 Å². The minimum atomic E-state index is -4.22. The van der Waals surface area contributed by atoms with Crippen molar-refractivity contribution in [2.24, 2.45) is 11.7 Å². The maximum absolute atomic E-state index is 13.2. The zero-order valence-corrected chi connectivity index (χ0v) is 17.1. The number of carbonyl (C=O) groups excluding carboxylic acids is 3. The molecule has 2 rings (SSSR count). The summed E-state index contributed by atoms with van der Waals surface area (Å²) < 4.78 is 33.5. The smallest absolute Gasteiger partial charge is 0.307 e. The first-order chi connectivity index (χ1) is 13.1. The molecule has 2 aliphatic rings. The van der Waals surface area contributed by atoms with Gasteiger partial charge < -0.3 is 15.8 Å². The zero-order valence-electron chi connectivity index (χ0n) is 16.3. The van der Waals surface area contributed by atoms with Crippen LogP contribution in [0.4, 0.5) is 0 Å². The normalized spacial score (nSPS) is 25.7. The number of ether oxygens (including phenoxy) is 1. The Morgan fingerprint density at radius 3 is 2.61 bits per heavy atom. The second-order valence-electron chi connectivity index (χ2n) is 7.24. The highest BCUT2D eigenvalue weighted by Crippen LogP contribution is 2.23.